The van der Waals surface area contributed by atoms with E-state index >= 15 is 0 Å². The molecule has 0 aliphatic heterocycles. The highest BCUT2D eigenvalue weighted by molar-refractivity contribution is 5.85. The third-order valence-electron chi connectivity index (χ3n) is 1.86. The Balaban J connectivity index is 2.67. The fourth-order valence-electron chi connectivity index (χ4n) is 1.12. The molecule has 0 aliphatic rings. The number of hydrogen-bond acceptors (Lipinski definition) is 2. The molecule has 1 N–H and O–H groups in total. The lowest BCUT2D eigenvalue weighted by molar-refractivity contribution is -0.131. The van der Waals surface area contributed by atoms with Crippen LogP contribution in [0.15, 0.2) is 42.5 Å². The Morgan fingerprint density at radius 3 is 3.00 bits per heavy atom. The van der Waals surface area contributed by atoms with Crippen molar-refractivity contribution in [2.24, 2.45) is 0 Å². The van der Waals surface area contributed by atoms with Crippen LogP contribution in [0, 0.1) is 0 Å². The predicted octanol–water partition coefficient (Wildman–Crippen LogP) is 2.74. The number of ether oxygens (including phenoxy) is 1. The summed E-state index contributed by atoms with van der Waals surface area (Å²) in [7, 11) is 0. The van der Waals surface area contributed by atoms with Gasteiger partial charge in [-0.25, -0.2) is 4.79 Å². The molecule has 0 heterocycles. The summed E-state index contributed by atoms with van der Waals surface area (Å²) < 4.78 is 5.43. The van der Waals surface area contributed by atoms with Gasteiger partial charge in [0.2, 0.25) is 0 Å². The number of benzene rings is 1. The van der Waals surface area contributed by atoms with Gasteiger partial charge in [0.1, 0.15) is 12.4 Å². The van der Waals surface area contributed by atoms with Crippen molar-refractivity contribution < 1.29 is 14.6 Å². The van der Waals surface area contributed by atoms with Crippen molar-refractivity contribution in [1.29, 1.82) is 0 Å². The Kier molecular flexibility index (Phi) is 4.86. The van der Waals surface area contributed by atoms with E-state index in [1.54, 1.807) is 6.07 Å². The predicted molar refractivity (Wildman–Crippen MR) is 63.4 cm³/mol. The molecule has 84 valence electrons. The lowest BCUT2D eigenvalue weighted by Crippen LogP contribution is -1.93. The fourth-order valence-corrected chi connectivity index (χ4v) is 1.12. The summed E-state index contributed by atoms with van der Waals surface area (Å²) in [5, 5.41) is 8.49. The highest BCUT2D eigenvalue weighted by atomic mass is 16.5. The largest absolute Gasteiger partial charge is 0.490 e. The number of carboxylic acids is 1. The summed E-state index contributed by atoms with van der Waals surface area (Å²) in [4.78, 5) is 10.3. The van der Waals surface area contributed by atoms with Gasteiger partial charge in [0.15, 0.2) is 0 Å². The third-order valence-corrected chi connectivity index (χ3v) is 1.86. The summed E-state index contributed by atoms with van der Waals surface area (Å²) in [6.45, 7) is 2.44. The second-order valence-electron chi connectivity index (χ2n) is 3.12. The number of allylic oxidation sites excluding steroid dienone is 1. The average Bonchev–Trinajstić information content (AvgIpc) is 2.27. The van der Waals surface area contributed by atoms with E-state index in [1.165, 1.54) is 6.08 Å². The lowest BCUT2D eigenvalue weighted by Gasteiger charge is -2.03. The highest BCUT2D eigenvalue weighted by Crippen LogP contribution is 2.14. The Labute approximate surface area is 94.7 Å². The zero-order valence-corrected chi connectivity index (χ0v) is 9.09. The van der Waals surface area contributed by atoms with Crippen molar-refractivity contribution in [3.05, 3.63) is 48.1 Å². The Hall–Kier alpha value is -2.03. The summed E-state index contributed by atoms with van der Waals surface area (Å²) >= 11 is 0. The maximum absolute atomic E-state index is 10.3. The molecule has 0 unspecified atom stereocenters. The fraction of sp³-hybridized carbons (Fsp3) is 0.154. The van der Waals surface area contributed by atoms with Gasteiger partial charge in [-0.1, -0.05) is 24.3 Å². The monoisotopic (exact) mass is 218 g/mol. The van der Waals surface area contributed by atoms with E-state index in [0.29, 0.717) is 6.61 Å². The molecule has 0 radical (unpaired) electrons. The van der Waals surface area contributed by atoms with E-state index in [4.69, 9.17) is 9.84 Å². The van der Waals surface area contributed by atoms with Crippen molar-refractivity contribution in [3.63, 3.8) is 0 Å². The van der Waals surface area contributed by atoms with Gasteiger partial charge in [-0.3, -0.25) is 0 Å². The zero-order valence-electron chi connectivity index (χ0n) is 9.09. The van der Waals surface area contributed by atoms with Gasteiger partial charge in [-0.2, -0.15) is 0 Å². The van der Waals surface area contributed by atoms with E-state index in [1.807, 2.05) is 37.3 Å². The van der Waals surface area contributed by atoms with E-state index in [2.05, 4.69) is 0 Å². The smallest absolute Gasteiger partial charge is 0.328 e. The van der Waals surface area contributed by atoms with Crippen LogP contribution in [0.25, 0.3) is 6.08 Å². The number of carboxylic acid groups (broad SMARTS) is 1. The molecular formula is C13H14O3. The first-order chi connectivity index (χ1) is 7.72. The topological polar surface area (TPSA) is 46.5 Å². The van der Waals surface area contributed by atoms with Crippen LogP contribution < -0.4 is 4.74 Å². The van der Waals surface area contributed by atoms with Crippen molar-refractivity contribution in [2.45, 2.75) is 6.92 Å². The molecular weight excluding hydrogens is 204 g/mol. The lowest BCUT2D eigenvalue weighted by atomic mass is 10.2. The molecule has 0 bridgehead atoms. The first-order valence-electron chi connectivity index (χ1n) is 4.97. The molecule has 0 saturated heterocycles. The molecule has 0 aromatic heterocycles. The van der Waals surface area contributed by atoms with Crippen molar-refractivity contribution in [3.8, 4) is 5.75 Å². The molecule has 0 amide bonds. The summed E-state index contributed by atoms with van der Waals surface area (Å²) in [6, 6.07) is 7.28. The number of rotatable bonds is 5. The van der Waals surface area contributed by atoms with Gasteiger partial charge in [0, 0.05) is 6.08 Å². The van der Waals surface area contributed by atoms with Crippen LogP contribution in [-0.4, -0.2) is 17.7 Å². The van der Waals surface area contributed by atoms with Crippen molar-refractivity contribution in [2.75, 3.05) is 6.61 Å². The van der Waals surface area contributed by atoms with Gasteiger partial charge in [0.25, 0.3) is 0 Å². The van der Waals surface area contributed by atoms with Crippen molar-refractivity contribution >= 4 is 12.0 Å². The van der Waals surface area contributed by atoms with Gasteiger partial charge in [-0.05, 0) is 30.7 Å². The van der Waals surface area contributed by atoms with E-state index in [-0.39, 0.29) is 0 Å². The minimum absolute atomic E-state index is 0.516. The molecule has 0 spiro atoms. The van der Waals surface area contributed by atoms with E-state index in [0.717, 1.165) is 17.4 Å². The molecule has 1 aromatic carbocycles. The molecule has 1 aromatic rings. The minimum Gasteiger partial charge on any atom is -0.490 e. The highest BCUT2D eigenvalue weighted by Gasteiger charge is 1.94. The van der Waals surface area contributed by atoms with Gasteiger partial charge in [-0.15, -0.1) is 0 Å². The van der Waals surface area contributed by atoms with Crippen LogP contribution in [0.2, 0.25) is 0 Å². The third kappa shape index (κ3) is 4.46. The van der Waals surface area contributed by atoms with Crippen LogP contribution in [0.3, 0.4) is 0 Å². The molecule has 16 heavy (non-hydrogen) atoms. The van der Waals surface area contributed by atoms with Crippen LogP contribution in [0.5, 0.6) is 5.75 Å². The quantitative estimate of drug-likeness (QED) is 0.610. The van der Waals surface area contributed by atoms with Gasteiger partial charge >= 0.3 is 5.97 Å². The molecule has 0 saturated carbocycles. The standard InChI is InChI=1S/C13H14O3/c1-2-3-9-16-12-6-4-5-11(10-12)7-8-13(14)15/h2-8,10H,9H2,1H3,(H,14,15). The van der Waals surface area contributed by atoms with Crippen LogP contribution in [0.1, 0.15) is 12.5 Å². The van der Waals surface area contributed by atoms with Crippen LogP contribution in [-0.2, 0) is 4.79 Å². The first-order valence-corrected chi connectivity index (χ1v) is 4.97. The van der Waals surface area contributed by atoms with Gasteiger partial charge < -0.3 is 9.84 Å². The second-order valence-corrected chi connectivity index (χ2v) is 3.12. The Morgan fingerprint density at radius 1 is 1.50 bits per heavy atom. The molecule has 1 rings (SSSR count). The minimum atomic E-state index is -0.958. The van der Waals surface area contributed by atoms with Crippen LogP contribution in [0.4, 0.5) is 0 Å². The maximum Gasteiger partial charge on any atom is 0.328 e. The molecule has 0 aliphatic carbocycles. The number of hydrogen-bond donors (Lipinski definition) is 1. The number of carbonyl (C=O) groups is 1. The maximum atomic E-state index is 10.3. The summed E-state index contributed by atoms with van der Waals surface area (Å²) in [6.07, 6.45) is 6.45. The molecule has 3 nitrogen and oxygen atoms in total. The molecule has 0 atom stereocenters. The average molecular weight is 218 g/mol. The van der Waals surface area contributed by atoms with Crippen molar-refractivity contribution in [1.82, 2.24) is 0 Å². The normalized spacial score (nSPS) is 11.1. The summed E-state index contributed by atoms with van der Waals surface area (Å²) in [5.41, 5.74) is 0.806. The van der Waals surface area contributed by atoms with Crippen LogP contribution >= 0.6 is 0 Å². The first kappa shape index (κ1) is 12.0. The molecule has 3 heteroatoms. The van der Waals surface area contributed by atoms with E-state index < -0.39 is 5.97 Å². The number of aliphatic carboxylic acids is 1. The van der Waals surface area contributed by atoms with Gasteiger partial charge in [0.05, 0.1) is 0 Å². The Bertz CT molecular complexity index is 405. The second kappa shape index (κ2) is 6.45. The summed E-state index contributed by atoms with van der Waals surface area (Å²) in [5.74, 6) is -0.231. The van der Waals surface area contributed by atoms with E-state index in [9.17, 15) is 4.79 Å². The molecule has 0 fully saturated rings. The zero-order chi connectivity index (χ0) is 11.8. The Morgan fingerprint density at radius 2 is 2.31 bits per heavy atom. The SMILES string of the molecule is CC=CCOc1cccc(C=CC(=O)O)c1.